The van der Waals surface area contributed by atoms with E-state index in [-0.39, 0.29) is 11.9 Å². The van der Waals surface area contributed by atoms with Crippen molar-refractivity contribution in [2.45, 2.75) is 44.8 Å². The first-order valence-electron chi connectivity index (χ1n) is 9.57. The highest BCUT2D eigenvalue weighted by Gasteiger charge is 2.56. The molecule has 0 heterocycles. The highest BCUT2D eigenvalue weighted by atomic mass is 16.5. The lowest BCUT2D eigenvalue weighted by atomic mass is 9.49. The molecule has 3 nitrogen and oxygen atoms in total. The van der Waals surface area contributed by atoms with Crippen molar-refractivity contribution in [3.05, 3.63) is 71.8 Å². The van der Waals surface area contributed by atoms with Crippen LogP contribution in [0, 0.1) is 11.3 Å². The van der Waals surface area contributed by atoms with Crippen molar-refractivity contribution in [2.24, 2.45) is 11.3 Å². The number of carbonyl (C=O) groups is 1. The average molecular weight is 349 g/mol. The van der Waals surface area contributed by atoms with Gasteiger partial charge in [0.1, 0.15) is 0 Å². The van der Waals surface area contributed by atoms with Crippen molar-refractivity contribution < 1.29 is 9.53 Å². The molecule has 1 spiro atoms. The first-order chi connectivity index (χ1) is 12.7. The predicted molar refractivity (Wildman–Crippen MR) is 102 cm³/mol. The van der Waals surface area contributed by atoms with E-state index in [2.05, 4.69) is 65.6 Å². The van der Waals surface area contributed by atoms with Gasteiger partial charge in [0.05, 0.1) is 13.0 Å². The lowest BCUT2D eigenvalue weighted by Gasteiger charge is -2.59. The van der Waals surface area contributed by atoms with Crippen molar-refractivity contribution >= 4 is 5.97 Å². The molecular weight excluding hydrogens is 322 g/mol. The number of benzene rings is 2. The van der Waals surface area contributed by atoms with Gasteiger partial charge in [0.25, 0.3) is 0 Å². The van der Waals surface area contributed by atoms with Gasteiger partial charge in [-0.25, -0.2) is 0 Å². The lowest BCUT2D eigenvalue weighted by Crippen LogP contribution is -2.57. The molecule has 2 aliphatic carbocycles. The average Bonchev–Trinajstić information content (AvgIpc) is 2.60. The van der Waals surface area contributed by atoms with Gasteiger partial charge in [0, 0.05) is 19.1 Å². The molecule has 0 amide bonds. The molecule has 2 aromatic carbocycles. The van der Waals surface area contributed by atoms with E-state index in [0.29, 0.717) is 11.5 Å². The molecule has 136 valence electrons. The third-order valence-corrected chi connectivity index (χ3v) is 6.20. The number of rotatable bonds is 6. The van der Waals surface area contributed by atoms with Crippen LogP contribution in [0.1, 0.15) is 36.8 Å². The maximum Gasteiger partial charge on any atom is 0.308 e. The molecule has 0 N–H and O–H groups in total. The maximum absolute atomic E-state index is 11.7. The zero-order chi connectivity index (χ0) is 18.0. The number of nitrogens with zero attached hydrogens (tertiary/aromatic N) is 1. The summed E-state index contributed by atoms with van der Waals surface area (Å²) in [6, 6.07) is 22.1. The number of ether oxygens (including phenoxy) is 1. The summed E-state index contributed by atoms with van der Waals surface area (Å²) >= 11 is 0. The number of methoxy groups -OCH3 is 1. The second-order valence-electron chi connectivity index (χ2n) is 8.07. The van der Waals surface area contributed by atoms with E-state index in [9.17, 15) is 4.79 Å². The van der Waals surface area contributed by atoms with Gasteiger partial charge in [-0.15, -0.1) is 0 Å². The predicted octanol–water partition coefficient (Wildman–Crippen LogP) is 4.42. The van der Waals surface area contributed by atoms with Gasteiger partial charge in [-0.1, -0.05) is 60.7 Å². The van der Waals surface area contributed by atoms with Crippen molar-refractivity contribution in [1.82, 2.24) is 4.90 Å². The first kappa shape index (κ1) is 17.3. The quantitative estimate of drug-likeness (QED) is 0.723. The van der Waals surface area contributed by atoms with E-state index in [1.807, 2.05) is 0 Å². The maximum atomic E-state index is 11.7. The van der Waals surface area contributed by atoms with Crippen LogP contribution in [0.25, 0.3) is 0 Å². The third kappa shape index (κ3) is 3.54. The molecule has 26 heavy (non-hydrogen) atoms. The largest absolute Gasteiger partial charge is 0.469 e. The molecule has 2 fully saturated rings. The molecule has 4 rings (SSSR count). The molecule has 2 saturated carbocycles. The van der Waals surface area contributed by atoms with Crippen LogP contribution in [0.2, 0.25) is 0 Å². The molecule has 0 radical (unpaired) electrons. The standard InChI is InChI=1S/C23H27NO2/c1-26-22(25)20-12-23(13-20)14-21(15-23)24(16-18-8-4-2-5-9-18)17-19-10-6-3-7-11-19/h2-11,20-21H,12-17H2,1H3. The summed E-state index contributed by atoms with van der Waals surface area (Å²) in [4.78, 5) is 14.3. The SMILES string of the molecule is COC(=O)C1CC2(C1)CC(N(Cc1ccccc1)Cc1ccccc1)C2. The second-order valence-corrected chi connectivity index (χ2v) is 8.07. The Morgan fingerprint density at radius 1 is 0.923 bits per heavy atom. The van der Waals surface area contributed by atoms with Crippen molar-refractivity contribution in [3.63, 3.8) is 0 Å². The number of hydrogen-bond donors (Lipinski definition) is 0. The second kappa shape index (κ2) is 7.24. The highest BCUT2D eigenvalue weighted by Crippen LogP contribution is 2.60. The van der Waals surface area contributed by atoms with Crippen molar-refractivity contribution in [2.75, 3.05) is 7.11 Å². The Kier molecular flexibility index (Phi) is 4.82. The summed E-state index contributed by atoms with van der Waals surface area (Å²) in [6.07, 6.45) is 4.45. The molecule has 0 saturated heterocycles. The van der Waals surface area contributed by atoms with Gasteiger partial charge in [-0.2, -0.15) is 0 Å². The van der Waals surface area contributed by atoms with Gasteiger partial charge in [0.15, 0.2) is 0 Å². The Labute approximate surface area is 156 Å². The fourth-order valence-electron chi connectivity index (χ4n) is 4.80. The molecule has 3 heteroatoms. The summed E-state index contributed by atoms with van der Waals surface area (Å²) in [5.74, 6) is 0.113. The van der Waals surface area contributed by atoms with Crippen LogP contribution in [0.4, 0.5) is 0 Å². The topological polar surface area (TPSA) is 29.5 Å². The van der Waals surface area contributed by atoms with E-state index < -0.39 is 0 Å². The molecule has 0 atom stereocenters. The third-order valence-electron chi connectivity index (χ3n) is 6.20. The highest BCUT2D eigenvalue weighted by molar-refractivity contribution is 5.73. The lowest BCUT2D eigenvalue weighted by molar-refractivity contribution is -0.163. The molecule has 2 aliphatic rings. The van der Waals surface area contributed by atoms with E-state index in [1.165, 1.54) is 31.1 Å². The minimum atomic E-state index is -0.0236. The van der Waals surface area contributed by atoms with E-state index >= 15 is 0 Å². The fraction of sp³-hybridized carbons (Fsp3) is 0.435. The Morgan fingerprint density at radius 2 is 1.42 bits per heavy atom. The Balaban J connectivity index is 1.40. The molecule has 0 aromatic heterocycles. The Hall–Kier alpha value is -2.13. The fourth-order valence-corrected chi connectivity index (χ4v) is 4.80. The summed E-state index contributed by atoms with van der Waals surface area (Å²) in [5.41, 5.74) is 3.13. The van der Waals surface area contributed by atoms with Crippen molar-refractivity contribution in [1.29, 1.82) is 0 Å². The summed E-state index contributed by atoms with van der Waals surface area (Å²) < 4.78 is 4.90. The molecule has 2 aromatic rings. The summed E-state index contributed by atoms with van der Waals surface area (Å²) in [5, 5.41) is 0. The summed E-state index contributed by atoms with van der Waals surface area (Å²) in [7, 11) is 1.50. The first-order valence-corrected chi connectivity index (χ1v) is 9.57. The zero-order valence-electron chi connectivity index (χ0n) is 15.4. The van der Waals surface area contributed by atoms with Crippen LogP contribution in [0.15, 0.2) is 60.7 Å². The smallest absolute Gasteiger partial charge is 0.308 e. The minimum absolute atomic E-state index is 0.0236. The van der Waals surface area contributed by atoms with Crippen LogP contribution in [-0.2, 0) is 22.6 Å². The van der Waals surface area contributed by atoms with E-state index in [4.69, 9.17) is 4.74 Å². The normalized spacial score (nSPS) is 27.0. The Bertz CT molecular complexity index is 688. The molecular formula is C23H27NO2. The Morgan fingerprint density at radius 3 is 1.88 bits per heavy atom. The van der Waals surface area contributed by atoms with E-state index in [1.54, 1.807) is 0 Å². The van der Waals surface area contributed by atoms with Gasteiger partial charge >= 0.3 is 5.97 Å². The van der Waals surface area contributed by atoms with Crippen molar-refractivity contribution in [3.8, 4) is 0 Å². The van der Waals surface area contributed by atoms with Gasteiger partial charge < -0.3 is 4.74 Å². The van der Waals surface area contributed by atoms with E-state index in [0.717, 1.165) is 25.9 Å². The van der Waals surface area contributed by atoms with Crippen LogP contribution in [0.5, 0.6) is 0 Å². The van der Waals surface area contributed by atoms with Crippen LogP contribution in [-0.4, -0.2) is 24.0 Å². The van der Waals surface area contributed by atoms with Crippen LogP contribution in [0.3, 0.4) is 0 Å². The molecule has 0 bridgehead atoms. The van der Waals surface area contributed by atoms with Crippen LogP contribution >= 0.6 is 0 Å². The number of carbonyl (C=O) groups excluding carboxylic acids is 1. The van der Waals surface area contributed by atoms with Gasteiger partial charge in [-0.3, -0.25) is 9.69 Å². The molecule has 0 aliphatic heterocycles. The zero-order valence-corrected chi connectivity index (χ0v) is 15.4. The van der Waals surface area contributed by atoms with Gasteiger partial charge in [-0.05, 0) is 42.2 Å². The monoisotopic (exact) mass is 349 g/mol. The minimum Gasteiger partial charge on any atom is -0.469 e. The number of esters is 1. The van der Waals surface area contributed by atoms with Crippen LogP contribution < -0.4 is 0 Å². The summed E-state index contributed by atoms with van der Waals surface area (Å²) in [6.45, 7) is 1.97. The van der Waals surface area contributed by atoms with Gasteiger partial charge in [0.2, 0.25) is 0 Å². The molecule has 0 unspecified atom stereocenters. The number of hydrogen-bond acceptors (Lipinski definition) is 3.